The predicted molar refractivity (Wildman–Crippen MR) is 75.1 cm³/mol. The van der Waals surface area contributed by atoms with E-state index in [4.69, 9.17) is 9.47 Å². The number of aliphatic hydroxyl groups is 1. The van der Waals surface area contributed by atoms with Crippen LogP contribution in [0.4, 0.5) is 0 Å². The normalized spacial score (nSPS) is 12.4. The van der Waals surface area contributed by atoms with Gasteiger partial charge in [0, 0.05) is 24.7 Å². The summed E-state index contributed by atoms with van der Waals surface area (Å²) in [4.78, 5) is 0. The van der Waals surface area contributed by atoms with Crippen LogP contribution in [0.15, 0.2) is 22.7 Å². The summed E-state index contributed by atoms with van der Waals surface area (Å²) in [5.41, 5.74) is 1.11. The zero-order valence-electron chi connectivity index (χ0n) is 10.8. The molecule has 102 valence electrons. The van der Waals surface area contributed by atoms with Crippen molar-refractivity contribution in [3.05, 3.63) is 28.2 Å². The highest BCUT2D eigenvalue weighted by molar-refractivity contribution is 9.10. The van der Waals surface area contributed by atoms with Crippen molar-refractivity contribution in [1.82, 2.24) is 5.32 Å². The molecule has 0 aromatic heterocycles. The van der Waals surface area contributed by atoms with Gasteiger partial charge in [-0.3, -0.25) is 0 Å². The van der Waals surface area contributed by atoms with Crippen molar-refractivity contribution < 1.29 is 14.6 Å². The Bertz CT molecular complexity index is 360. The van der Waals surface area contributed by atoms with Crippen molar-refractivity contribution in [2.24, 2.45) is 0 Å². The van der Waals surface area contributed by atoms with E-state index in [1.54, 1.807) is 7.11 Å². The number of ether oxygens (including phenoxy) is 2. The van der Waals surface area contributed by atoms with E-state index in [1.807, 2.05) is 25.1 Å². The predicted octanol–water partition coefficient (Wildman–Crippen LogP) is 1.73. The second kappa shape index (κ2) is 8.48. The minimum Gasteiger partial charge on any atom is -0.491 e. The van der Waals surface area contributed by atoms with Gasteiger partial charge in [0.15, 0.2) is 0 Å². The number of rotatable bonds is 8. The standard InChI is InChI=1S/C13H20BrNO3/c1-10-7-12(3-4-13(10)14)18-9-11(16)8-15-5-6-17-2/h3-4,7,11,15-16H,5-6,8-9H2,1-2H3. The fourth-order valence-electron chi connectivity index (χ4n) is 1.40. The largest absolute Gasteiger partial charge is 0.491 e. The van der Waals surface area contributed by atoms with E-state index in [1.165, 1.54) is 0 Å². The Labute approximate surface area is 116 Å². The Hall–Kier alpha value is -0.620. The van der Waals surface area contributed by atoms with Gasteiger partial charge in [0.25, 0.3) is 0 Å². The summed E-state index contributed by atoms with van der Waals surface area (Å²) in [6.07, 6.45) is -0.522. The van der Waals surface area contributed by atoms with Crippen molar-refractivity contribution >= 4 is 15.9 Å². The second-order valence-electron chi connectivity index (χ2n) is 4.07. The Morgan fingerprint density at radius 3 is 2.89 bits per heavy atom. The second-order valence-corrected chi connectivity index (χ2v) is 4.93. The number of aliphatic hydroxyl groups excluding tert-OH is 1. The van der Waals surface area contributed by atoms with Gasteiger partial charge in [0.1, 0.15) is 18.5 Å². The van der Waals surface area contributed by atoms with E-state index in [0.717, 1.165) is 22.3 Å². The third-order valence-corrected chi connectivity index (χ3v) is 3.32. The van der Waals surface area contributed by atoms with E-state index < -0.39 is 6.10 Å². The SMILES string of the molecule is COCCNCC(O)COc1ccc(Br)c(C)c1. The third-order valence-electron chi connectivity index (χ3n) is 2.43. The van der Waals surface area contributed by atoms with E-state index in [0.29, 0.717) is 13.2 Å². The maximum Gasteiger partial charge on any atom is 0.119 e. The topological polar surface area (TPSA) is 50.7 Å². The molecule has 1 aromatic rings. The summed E-state index contributed by atoms with van der Waals surface area (Å²) in [7, 11) is 1.65. The molecule has 0 amide bonds. The van der Waals surface area contributed by atoms with Crippen LogP contribution in [-0.4, -0.2) is 44.6 Å². The first-order valence-electron chi connectivity index (χ1n) is 5.90. The summed E-state index contributed by atoms with van der Waals surface area (Å²) < 4.78 is 11.5. The molecule has 1 rings (SSSR count). The van der Waals surface area contributed by atoms with Crippen molar-refractivity contribution in [3.8, 4) is 5.75 Å². The Morgan fingerprint density at radius 2 is 2.22 bits per heavy atom. The summed E-state index contributed by atoms with van der Waals surface area (Å²) >= 11 is 3.43. The van der Waals surface area contributed by atoms with Crippen molar-refractivity contribution in [2.45, 2.75) is 13.0 Å². The zero-order valence-corrected chi connectivity index (χ0v) is 12.4. The van der Waals surface area contributed by atoms with Crippen LogP contribution in [0.3, 0.4) is 0 Å². The molecule has 0 saturated heterocycles. The molecule has 0 aliphatic heterocycles. The van der Waals surface area contributed by atoms with Gasteiger partial charge in [-0.15, -0.1) is 0 Å². The number of nitrogens with one attached hydrogen (secondary N) is 1. The Morgan fingerprint density at radius 1 is 1.44 bits per heavy atom. The van der Waals surface area contributed by atoms with Crippen LogP contribution in [0.5, 0.6) is 5.75 Å². The molecule has 2 N–H and O–H groups in total. The molecule has 1 aromatic carbocycles. The molecule has 0 aliphatic carbocycles. The van der Waals surface area contributed by atoms with Crippen LogP contribution in [-0.2, 0) is 4.74 Å². The van der Waals surface area contributed by atoms with Gasteiger partial charge in [-0.2, -0.15) is 0 Å². The number of hydrogen-bond acceptors (Lipinski definition) is 4. The highest BCUT2D eigenvalue weighted by Gasteiger charge is 2.05. The van der Waals surface area contributed by atoms with Gasteiger partial charge < -0.3 is 19.9 Å². The van der Waals surface area contributed by atoms with Gasteiger partial charge in [-0.1, -0.05) is 15.9 Å². The molecule has 4 nitrogen and oxygen atoms in total. The lowest BCUT2D eigenvalue weighted by atomic mass is 10.2. The van der Waals surface area contributed by atoms with Crippen LogP contribution in [0.2, 0.25) is 0 Å². The number of hydrogen-bond donors (Lipinski definition) is 2. The molecule has 1 unspecified atom stereocenters. The van der Waals surface area contributed by atoms with Gasteiger partial charge in [0.2, 0.25) is 0 Å². The van der Waals surface area contributed by atoms with E-state index >= 15 is 0 Å². The van der Waals surface area contributed by atoms with Gasteiger partial charge in [0.05, 0.1) is 6.61 Å². The molecule has 0 aliphatic rings. The molecule has 5 heteroatoms. The number of benzene rings is 1. The molecule has 0 bridgehead atoms. The summed E-state index contributed by atoms with van der Waals surface area (Å²) in [5.74, 6) is 0.770. The highest BCUT2D eigenvalue weighted by Crippen LogP contribution is 2.21. The van der Waals surface area contributed by atoms with Crippen LogP contribution >= 0.6 is 15.9 Å². The van der Waals surface area contributed by atoms with Gasteiger partial charge in [-0.05, 0) is 30.7 Å². The Kier molecular flexibility index (Phi) is 7.27. The van der Waals surface area contributed by atoms with Crippen molar-refractivity contribution in [1.29, 1.82) is 0 Å². The molecular formula is C13H20BrNO3. The first-order chi connectivity index (χ1) is 8.63. The number of aryl methyl sites for hydroxylation is 1. The first-order valence-corrected chi connectivity index (χ1v) is 6.69. The molecule has 0 radical (unpaired) electrons. The summed E-state index contributed by atoms with van der Waals surface area (Å²) in [6.45, 7) is 4.14. The molecule has 0 saturated carbocycles. The van der Waals surface area contributed by atoms with Gasteiger partial charge in [-0.25, -0.2) is 0 Å². The van der Waals surface area contributed by atoms with E-state index in [2.05, 4.69) is 21.2 Å². The molecule has 1 atom stereocenters. The lowest BCUT2D eigenvalue weighted by molar-refractivity contribution is 0.103. The van der Waals surface area contributed by atoms with Crippen molar-refractivity contribution in [3.63, 3.8) is 0 Å². The molecule has 0 heterocycles. The molecule has 18 heavy (non-hydrogen) atoms. The maximum absolute atomic E-state index is 9.70. The zero-order chi connectivity index (χ0) is 13.4. The number of halogens is 1. The van der Waals surface area contributed by atoms with E-state index in [-0.39, 0.29) is 6.61 Å². The fraction of sp³-hybridized carbons (Fsp3) is 0.538. The minimum absolute atomic E-state index is 0.279. The van der Waals surface area contributed by atoms with Crippen LogP contribution in [0, 0.1) is 6.92 Å². The quantitative estimate of drug-likeness (QED) is 0.717. The average Bonchev–Trinajstić information content (AvgIpc) is 2.36. The maximum atomic E-state index is 9.70. The van der Waals surface area contributed by atoms with E-state index in [9.17, 15) is 5.11 Å². The number of methoxy groups -OCH3 is 1. The van der Waals surface area contributed by atoms with Crippen LogP contribution < -0.4 is 10.1 Å². The fourth-order valence-corrected chi connectivity index (χ4v) is 1.65. The average molecular weight is 318 g/mol. The third kappa shape index (κ3) is 5.82. The summed E-state index contributed by atoms with van der Waals surface area (Å²) in [5, 5.41) is 12.8. The van der Waals surface area contributed by atoms with Gasteiger partial charge >= 0.3 is 0 Å². The highest BCUT2D eigenvalue weighted by atomic mass is 79.9. The molecular weight excluding hydrogens is 298 g/mol. The summed E-state index contributed by atoms with van der Waals surface area (Å²) in [6, 6.07) is 5.76. The lowest BCUT2D eigenvalue weighted by Gasteiger charge is -2.13. The lowest BCUT2D eigenvalue weighted by Crippen LogP contribution is -2.33. The molecule has 0 spiro atoms. The first kappa shape index (κ1) is 15.4. The Balaban J connectivity index is 2.24. The van der Waals surface area contributed by atoms with Crippen LogP contribution in [0.1, 0.15) is 5.56 Å². The van der Waals surface area contributed by atoms with Crippen LogP contribution in [0.25, 0.3) is 0 Å². The smallest absolute Gasteiger partial charge is 0.119 e. The molecule has 0 fully saturated rings. The van der Waals surface area contributed by atoms with Crippen molar-refractivity contribution in [2.75, 3.05) is 33.4 Å². The minimum atomic E-state index is -0.522. The monoisotopic (exact) mass is 317 g/mol.